The highest BCUT2D eigenvalue weighted by Crippen LogP contribution is 2.18. The molecule has 1 saturated heterocycles. The second-order valence-corrected chi connectivity index (χ2v) is 5.81. The number of aromatic amines is 1. The fourth-order valence-corrected chi connectivity index (χ4v) is 2.90. The largest absolute Gasteiger partial charge is 0.481 e. The summed E-state index contributed by atoms with van der Waals surface area (Å²) in [5, 5.41) is 9.95. The normalized spacial score (nSPS) is 17.5. The van der Waals surface area contributed by atoms with Crippen LogP contribution in [0.1, 0.15) is 29.6 Å². The molecular formula is C17H20N2O4. The summed E-state index contributed by atoms with van der Waals surface area (Å²) in [5.41, 5.74) is 1.45. The van der Waals surface area contributed by atoms with Crippen molar-refractivity contribution in [3.05, 3.63) is 36.0 Å². The molecule has 6 heteroatoms. The third kappa shape index (κ3) is 3.71. The van der Waals surface area contributed by atoms with Gasteiger partial charge in [0, 0.05) is 37.0 Å². The monoisotopic (exact) mass is 316 g/mol. The van der Waals surface area contributed by atoms with Crippen molar-refractivity contribution in [3.63, 3.8) is 0 Å². The van der Waals surface area contributed by atoms with Crippen LogP contribution in [-0.4, -0.2) is 52.7 Å². The maximum Gasteiger partial charge on any atom is 0.305 e. The summed E-state index contributed by atoms with van der Waals surface area (Å²) in [4.78, 5) is 28.3. The van der Waals surface area contributed by atoms with Crippen LogP contribution in [0.25, 0.3) is 10.9 Å². The van der Waals surface area contributed by atoms with Crippen LogP contribution in [0.2, 0.25) is 0 Å². The van der Waals surface area contributed by atoms with E-state index in [9.17, 15) is 9.59 Å². The molecule has 0 saturated carbocycles. The lowest BCUT2D eigenvalue weighted by atomic mass is 10.1. The molecule has 1 aromatic heterocycles. The first-order valence-corrected chi connectivity index (χ1v) is 7.83. The number of fused-ring (bicyclic) bond motifs is 1. The maximum atomic E-state index is 12.8. The smallest absolute Gasteiger partial charge is 0.305 e. The molecule has 2 N–H and O–H groups in total. The van der Waals surface area contributed by atoms with Crippen LogP contribution in [0.15, 0.2) is 30.5 Å². The molecule has 23 heavy (non-hydrogen) atoms. The summed E-state index contributed by atoms with van der Waals surface area (Å²) >= 11 is 0. The number of carbonyl (C=O) groups is 2. The van der Waals surface area contributed by atoms with Gasteiger partial charge in [0.25, 0.3) is 5.91 Å². The number of ether oxygens (including phenoxy) is 1. The van der Waals surface area contributed by atoms with E-state index in [0.717, 1.165) is 23.7 Å². The Morgan fingerprint density at radius 1 is 1.35 bits per heavy atom. The summed E-state index contributed by atoms with van der Waals surface area (Å²) in [6, 6.07) is 7.42. The van der Waals surface area contributed by atoms with E-state index in [1.54, 1.807) is 17.0 Å². The quantitative estimate of drug-likeness (QED) is 0.856. The maximum absolute atomic E-state index is 12.8. The van der Waals surface area contributed by atoms with Crippen molar-refractivity contribution < 1.29 is 19.4 Å². The van der Waals surface area contributed by atoms with Crippen LogP contribution in [-0.2, 0) is 9.53 Å². The van der Waals surface area contributed by atoms with Crippen LogP contribution in [0.3, 0.4) is 0 Å². The molecule has 2 aromatic rings. The number of carboxylic acids is 1. The number of hydrogen-bond acceptors (Lipinski definition) is 3. The Bertz CT molecular complexity index is 703. The Balaban J connectivity index is 1.77. The van der Waals surface area contributed by atoms with Gasteiger partial charge in [-0.1, -0.05) is 6.07 Å². The highest BCUT2D eigenvalue weighted by Gasteiger charge is 2.24. The molecule has 2 heterocycles. The van der Waals surface area contributed by atoms with E-state index in [4.69, 9.17) is 9.84 Å². The topological polar surface area (TPSA) is 82.6 Å². The first-order valence-electron chi connectivity index (χ1n) is 7.83. The molecule has 122 valence electrons. The first-order chi connectivity index (χ1) is 11.1. The third-order valence-corrected chi connectivity index (χ3v) is 4.13. The number of amides is 1. The summed E-state index contributed by atoms with van der Waals surface area (Å²) in [6.07, 6.45) is 3.66. The van der Waals surface area contributed by atoms with Crippen LogP contribution >= 0.6 is 0 Å². The zero-order valence-corrected chi connectivity index (χ0v) is 12.8. The zero-order valence-electron chi connectivity index (χ0n) is 12.8. The number of nitrogens with one attached hydrogen (secondary N) is 1. The van der Waals surface area contributed by atoms with Gasteiger partial charge in [-0.05, 0) is 36.4 Å². The van der Waals surface area contributed by atoms with Gasteiger partial charge in [0.2, 0.25) is 0 Å². The summed E-state index contributed by atoms with van der Waals surface area (Å²) in [6.45, 7) is 1.34. The molecule has 1 amide bonds. The number of carbonyl (C=O) groups excluding carboxylic acids is 1. The summed E-state index contributed by atoms with van der Waals surface area (Å²) in [7, 11) is 0. The number of benzene rings is 1. The zero-order chi connectivity index (χ0) is 16.2. The molecule has 6 nitrogen and oxygen atoms in total. The molecular weight excluding hydrogens is 296 g/mol. The van der Waals surface area contributed by atoms with Crippen LogP contribution < -0.4 is 0 Å². The highest BCUT2D eigenvalue weighted by atomic mass is 16.5. The van der Waals surface area contributed by atoms with Crippen LogP contribution in [0.4, 0.5) is 0 Å². The van der Waals surface area contributed by atoms with Gasteiger partial charge in [0.05, 0.1) is 12.5 Å². The molecule has 0 spiro atoms. The minimum Gasteiger partial charge on any atom is -0.481 e. The van der Waals surface area contributed by atoms with E-state index in [-0.39, 0.29) is 25.0 Å². The van der Waals surface area contributed by atoms with E-state index in [1.165, 1.54) is 0 Å². The van der Waals surface area contributed by atoms with Crippen molar-refractivity contribution in [1.29, 1.82) is 0 Å². The molecule has 1 aliphatic rings. The Labute approximate surface area is 134 Å². The van der Waals surface area contributed by atoms with Crippen LogP contribution in [0.5, 0.6) is 0 Å². The van der Waals surface area contributed by atoms with Gasteiger partial charge >= 0.3 is 5.97 Å². The lowest BCUT2D eigenvalue weighted by molar-refractivity contribution is -0.137. The molecule has 0 aliphatic carbocycles. The fraction of sp³-hybridized carbons (Fsp3) is 0.412. The van der Waals surface area contributed by atoms with E-state index < -0.39 is 5.97 Å². The second kappa shape index (κ2) is 6.83. The number of hydrogen-bond donors (Lipinski definition) is 2. The van der Waals surface area contributed by atoms with E-state index in [0.29, 0.717) is 18.7 Å². The summed E-state index contributed by atoms with van der Waals surface area (Å²) < 4.78 is 5.59. The molecule has 1 fully saturated rings. The molecule has 1 atom stereocenters. The predicted octanol–water partition coefficient (Wildman–Crippen LogP) is 2.26. The standard InChI is InChI=1S/C17H20N2O4/c20-16(21)6-8-19(11-14-2-1-9-23-14)17(22)13-4-3-12-5-7-18-15(12)10-13/h3-5,7,10,14,18H,1-2,6,8-9,11H2,(H,20,21)/t14-/m0/s1. The molecule has 3 rings (SSSR count). The average Bonchev–Trinajstić information content (AvgIpc) is 3.20. The van der Waals surface area contributed by atoms with Crippen molar-refractivity contribution in [3.8, 4) is 0 Å². The van der Waals surface area contributed by atoms with Gasteiger partial charge in [0.15, 0.2) is 0 Å². The number of rotatable bonds is 6. The minimum absolute atomic E-state index is 0.00182. The lowest BCUT2D eigenvalue weighted by Gasteiger charge is -2.25. The van der Waals surface area contributed by atoms with Crippen molar-refractivity contribution in [2.24, 2.45) is 0 Å². The van der Waals surface area contributed by atoms with Crippen molar-refractivity contribution >= 4 is 22.8 Å². The van der Waals surface area contributed by atoms with Gasteiger partial charge in [0.1, 0.15) is 0 Å². The van der Waals surface area contributed by atoms with Gasteiger partial charge in [-0.3, -0.25) is 9.59 Å². The van der Waals surface area contributed by atoms with E-state index in [2.05, 4.69) is 4.98 Å². The number of nitrogens with zero attached hydrogens (tertiary/aromatic N) is 1. The Morgan fingerprint density at radius 3 is 2.96 bits per heavy atom. The fourth-order valence-electron chi connectivity index (χ4n) is 2.90. The van der Waals surface area contributed by atoms with Crippen LogP contribution in [0, 0.1) is 0 Å². The first kappa shape index (κ1) is 15.6. The average molecular weight is 316 g/mol. The van der Waals surface area contributed by atoms with Crippen molar-refractivity contribution in [2.45, 2.75) is 25.4 Å². The van der Waals surface area contributed by atoms with E-state index in [1.807, 2.05) is 18.3 Å². The summed E-state index contributed by atoms with van der Waals surface area (Å²) in [5.74, 6) is -1.06. The Hall–Kier alpha value is -2.34. The second-order valence-electron chi connectivity index (χ2n) is 5.81. The van der Waals surface area contributed by atoms with Gasteiger partial charge in [-0.15, -0.1) is 0 Å². The Kier molecular flexibility index (Phi) is 4.62. The number of H-pyrrole nitrogens is 1. The number of aliphatic carboxylic acids is 1. The molecule has 1 aromatic carbocycles. The van der Waals surface area contributed by atoms with E-state index >= 15 is 0 Å². The predicted molar refractivity (Wildman–Crippen MR) is 85.4 cm³/mol. The molecule has 1 aliphatic heterocycles. The minimum atomic E-state index is -0.907. The SMILES string of the molecule is O=C(O)CCN(C[C@@H]1CCCO1)C(=O)c1ccc2cc[nH]c2c1. The van der Waals surface area contributed by atoms with Crippen molar-refractivity contribution in [1.82, 2.24) is 9.88 Å². The van der Waals surface area contributed by atoms with Gasteiger partial charge < -0.3 is 19.7 Å². The number of aromatic nitrogens is 1. The lowest BCUT2D eigenvalue weighted by Crippen LogP contribution is -2.38. The number of carboxylic acid groups (broad SMARTS) is 1. The Morgan fingerprint density at radius 2 is 2.22 bits per heavy atom. The third-order valence-electron chi connectivity index (χ3n) is 4.13. The highest BCUT2D eigenvalue weighted by molar-refractivity contribution is 5.98. The van der Waals surface area contributed by atoms with Gasteiger partial charge in [-0.2, -0.15) is 0 Å². The molecule has 0 bridgehead atoms. The van der Waals surface area contributed by atoms with Gasteiger partial charge in [-0.25, -0.2) is 0 Å². The molecule has 0 radical (unpaired) electrons. The molecule has 0 unspecified atom stereocenters. The van der Waals surface area contributed by atoms with Crippen molar-refractivity contribution in [2.75, 3.05) is 19.7 Å².